The van der Waals surface area contributed by atoms with Gasteiger partial charge < -0.3 is 25.4 Å². The molecule has 2 aromatic heterocycles. The second-order valence-corrected chi connectivity index (χ2v) is 12.8. The minimum absolute atomic E-state index is 0.385. The predicted molar refractivity (Wildman–Crippen MR) is 205 cm³/mol. The molecule has 10 nitrogen and oxygen atoms in total. The summed E-state index contributed by atoms with van der Waals surface area (Å²) in [5, 5.41) is 10.2. The second kappa shape index (κ2) is 18.6. The SMILES string of the molecule is C=CCOc1cc(CN2CCC(Nc3ncc(-c4ccccc4)cn3)CC2)ccc1OC.c1ccc(-c2cnc(NC3CCNCC3)nc2)cc1. The maximum Gasteiger partial charge on any atom is 0.222 e. The van der Waals surface area contributed by atoms with Crippen LogP contribution in [-0.2, 0) is 6.54 Å². The molecule has 0 unspecified atom stereocenters. The van der Waals surface area contributed by atoms with Gasteiger partial charge in [0.15, 0.2) is 11.5 Å². The van der Waals surface area contributed by atoms with E-state index in [9.17, 15) is 0 Å². The number of aromatic nitrogens is 4. The van der Waals surface area contributed by atoms with Crippen LogP contribution < -0.4 is 25.4 Å². The molecule has 0 bridgehead atoms. The highest BCUT2D eigenvalue weighted by Crippen LogP contribution is 2.29. The Labute approximate surface area is 301 Å². The van der Waals surface area contributed by atoms with Gasteiger partial charge in [-0.3, -0.25) is 4.90 Å². The molecule has 264 valence electrons. The molecular weight excluding hydrogens is 637 g/mol. The molecule has 0 atom stereocenters. The van der Waals surface area contributed by atoms with Crippen molar-refractivity contribution in [3.05, 3.63) is 122 Å². The molecule has 2 fully saturated rings. The Morgan fingerprint density at radius 3 is 1.75 bits per heavy atom. The number of benzene rings is 3. The third-order valence-electron chi connectivity index (χ3n) is 9.10. The Morgan fingerprint density at radius 1 is 0.706 bits per heavy atom. The topological polar surface area (TPSA) is 109 Å². The molecule has 0 amide bonds. The number of anilines is 2. The lowest BCUT2D eigenvalue weighted by atomic mass is 10.0. The lowest BCUT2D eigenvalue weighted by molar-refractivity contribution is 0.210. The molecule has 3 N–H and O–H groups in total. The Hall–Kier alpha value is -5.32. The summed E-state index contributed by atoms with van der Waals surface area (Å²) < 4.78 is 11.1. The molecule has 4 heterocycles. The van der Waals surface area contributed by atoms with E-state index in [0.717, 1.165) is 98.1 Å². The zero-order valence-electron chi connectivity index (χ0n) is 29.4. The van der Waals surface area contributed by atoms with Crippen LogP contribution in [0.3, 0.4) is 0 Å². The Bertz CT molecular complexity index is 1760. The standard InChI is InChI=1S/C26H30N4O2.C15H18N4/c1-3-15-32-25-16-20(9-10-24(25)31-2)19-30-13-11-23(12-14-30)29-26-27-17-22(18-28-26)21-7-5-4-6-8-21;1-2-4-12(5-3-1)13-10-17-15(18-11-13)19-14-6-8-16-9-7-14/h3-10,16-18,23H,1,11-15,19H2,2H3,(H,27,28,29);1-5,10-11,14,16H,6-9H2,(H,17,18,19). The Kier molecular flexibility index (Phi) is 13.0. The molecule has 0 aliphatic carbocycles. The molecule has 2 saturated heterocycles. The van der Waals surface area contributed by atoms with Gasteiger partial charge in [-0.05, 0) is 67.6 Å². The summed E-state index contributed by atoms with van der Waals surface area (Å²) in [6.45, 7) is 9.25. The van der Waals surface area contributed by atoms with Gasteiger partial charge in [-0.2, -0.15) is 0 Å². The van der Waals surface area contributed by atoms with E-state index in [0.29, 0.717) is 24.6 Å². The largest absolute Gasteiger partial charge is 0.493 e. The smallest absolute Gasteiger partial charge is 0.222 e. The van der Waals surface area contributed by atoms with Crippen LogP contribution in [0.4, 0.5) is 11.9 Å². The summed E-state index contributed by atoms with van der Waals surface area (Å²) in [7, 11) is 1.66. The second-order valence-electron chi connectivity index (χ2n) is 12.8. The monoisotopic (exact) mass is 684 g/mol. The fraction of sp³-hybridized carbons (Fsp3) is 0.317. The molecule has 3 aromatic carbocycles. The van der Waals surface area contributed by atoms with E-state index in [1.54, 1.807) is 13.2 Å². The van der Waals surface area contributed by atoms with Gasteiger partial charge in [0.2, 0.25) is 11.9 Å². The van der Waals surface area contributed by atoms with Crippen molar-refractivity contribution in [1.82, 2.24) is 30.2 Å². The maximum atomic E-state index is 5.74. The maximum absolute atomic E-state index is 5.74. The number of hydrogen-bond acceptors (Lipinski definition) is 10. The minimum atomic E-state index is 0.385. The number of ether oxygens (including phenoxy) is 2. The molecule has 5 aromatic rings. The fourth-order valence-corrected chi connectivity index (χ4v) is 6.27. The molecule has 2 aliphatic heterocycles. The van der Waals surface area contributed by atoms with Crippen LogP contribution >= 0.6 is 0 Å². The number of rotatable bonds is 12. The van der Waals surface area contributed by atoms with E-state index in [1.165, 1.54) is 5.56 Å². The van der Waals surface area contributed by atoms with Crippen molar-refractivity contribution in [3.8, 4) is 33.8 Å². The summed E-state index contributed by atoms with van der Waals surface area (Å²) in [6.07, 6.45) is 13.6. The third-order valence-corrected chi connectivity index (χ3v) is 9.10. The number of nitrogens with zero attached hydrogens (tertiary/aromatic N) is 5. The van der Waals surface area contributed by atoms with Crippen LogP contribution in [-0.4, -0.2) is 76.8 Å². The van der Waals surface area contributed by atoms with Gasteiger partial charge in [0, 0.05) is 67.6 Å². The molecule has 7 rings (SSSR count). The first-order valence-corrected chi connectivity index (χ1v) is 17.8. The Balaban J connectivity index is 0.000000200. The zero-order valence-corrected chi connectivity index (χ0v) is 29.4. The fourth-order valence-electron chi connectivity index (χ4n) is 6.27. The highest BCUT2D eigenvalue weighted by Gasteiger charge is 2.20. The van der Waals surface area contributed by atoms with Gasteiger partial charge in [-0.25, -0.2) is 19.9 Å². The normalized spacial score (nSPS) is 15.2. The van der Waals surface area contributed by atoms with Crippen molar-refractivity contribution < 1.29 is 9.47 Å². The first-order chi connectivity index (χ1) is 25.2. The van der Waals surface area contributed by atoms with Crippen LogP contribution in [0.15, 0.2) is 116 Å². The highest BCUT2D eigenvalue weighted by molar-refractivity contribution is 5.62. The van der Waals surface area contributed by atoms with Crippen molar-refractivity contribution in [2.24, 2.45) is 0 Å². The van der Waals surface area contributed by atoms with Crippen LogP contribution in [0.2, 0.25) is 0 Å². The number of nitrogens with one attached hydrogen (secondary N) is 3. The van der Waals surface area contributed by atoms with E-state index in [1.807, 2.05) is 67.3 Å². The van der Waals surface area contributed by atoms with Crippen LogP contribution in [0, 0.1) is 0 Å². The first-order valence-electron chi connectivity index (χ1n) is 17.8. The number of piperidine rings is 2. The van der Waals surface area contributed by atoms with Gasteiger partial charge in [0.25, 0.3) is 0 Å². The summed E-state index contributed by atoms with van der Waals surface area (Å²) in [6, 6.07) is 27.4. The molecular formula is C41H48N8O2. The molecule has 51 heavy (non-hydrogen) atoms. The molecule has 0 saturated carbocycles. The number of likely N-dealkylation sites (tertiary alicyclic amines) is 1. The lowest BCUT2D eigenvalue weighted by Crippen LogP contribution is -2.38. The van der Waals surface area contributed by atoms with E-state index in [-0.39, 0.29) is 0 Å². The summed E-state index contributed by atoms with van der Waals surface area (Å²) in [5.41, 5.74) is 5.58. The predicted octanol–water partition coefficient (Wildman–Crippen LogP) is 7.10. The molecule has 0 spiro atoms. The molecule has 2 aliphatic rings. The minimum Gasteiger partial charge on any atom is -0.493 e. The lowest BCUT2D eigenvalue weighted by Gasteiger charge is -2.32. The van der Waals surface area contributed by atoms with Crippen molar-refractivity contribution in [2.45, 2.75) is 44.3 Å². The van der Waals surface area contributed by atoms with E-state index >= 15 is 0 Å². The first kappa shape index (κ1) is 35.5. The van der Waals surface area contributed by atoms with Gasteiger partial charge in [-0.15, -0.1) is 0 Å². The number of methoxy groups -OCH3 is 1. The summed E-state index contributed by atoms with van der Waals surface area (Å²) >= 11 is 0. The third kappa shape index (κ3) is 10.6. The van der Waals surface area contributed by atoms with Crippen LogP contribution in [0.5, 0.6) is 11.5 Å². The van der Waals surface area contributed by atoms with E-state index in [4.69, 9.17) is 9.47 Å². The average molecular weight is 685 g/mol. The van der Waals surface area contributed by atoms with Gasteiger partial charge in [0.05, 0.1) is 7.11 Å². The summed E-state index contributed by atoms with van der Waals surface area (Å²) in [4.78, 5) is 20.3. The van der Waals surface area contributed by atoms with Crippen molar-refractivity contribution in [1.29, 1.82) is 0 Å². The van der Waals surface area contributed by atoms with E-state index in [2.05, 4.69) is 83.8 Å². The zero-order chi connectivity index (χ0) is 35.1. The van der Waals surface area contributed by atoms with Crippen molar-refractivity contribution in [3.63, 3.8) is 0 Å². The van der Waals surface area contributed by atoms with Crippen molar-refractivity contribution >= 4 is 11.9 Å². The van der Waals surface area contributed by atoms with Crippen LogP contribution in [0.1, 0.15) is 31.2 Å². The quantitative estimate of drug-likeness (QED) is 0.118. The van der Waals surface area contributed by atoms with Gasteiger partial charge in [0.1, 0.15) is 6.61 Å². The highest BCUT2D eigenvalue weighted by atomic mass is 16.5. The Morgan fingerprint density at radius 2 is 1.24 bits per heavy atom. The number of hydrogen-bond donors (Lipinski definition) is 3. The molecule has 0 radical (unpaired) electrons. The van der Waals surface area contributed by atoms with Gasteiger partial charge in [-0.1, -0.05) is 79.4 Å². The van der Waals surface area contributed by atoms with Crippen molar-refractivity contribution in [2.75, 3.05) is 50.5 Å². The van der Waals surface area contributed by atoms with Gasteiger partial charge >= 0.3 is 0 Å². The van der Waals surface area contributed by atoms with E-state index < -0.39 is 0 Å². The van der Waals surface area contributed by atoms with Crippen LogP contribution in [0.25, 0.3) is 22.3 Å². The summed E-state index contributed by atoms with van der Waals surface area (Å²) in [5.74, 6) is 2.93. The average Bonchev–Trinajstić information content (AvgIpc) is 3.20. The molecule has 10 heteroatoms.